The first-order valence-electron chi connectivity index (χ1n) is 6.12. The van der Waals surface area contributed by atoms with Gasteiger partial charge in [-0.2, -0.15) is 0 Å². The summed E-state index contributed by atoms with van der Waals surface area (Å²) < 4.78 is 6.47. The Balaban J connectivity index is 2.59. The van der Waals surface area contributed by atoms with Gasteiger partial charge in [0.1, 0.15) is 5.70 Å². The molecule has 2 aromatic rings. The zero-order valence-corrected chi connectivity index (χ0v) is 11.8. The molecule has 0 atom stereocenters. The van der Waals surface area contributed by atoms with Gasteiger partial charge in [-0.25, -0.2) is 9.59 Å². The molecule has 0 unspecified atom stereocenters. The predicted octanol–water partition coefficient (Wildman–Crippen LogP) is 1.00. The first kappa shape index (κ1) is 14.6. The summed E-state index contributed by atoms with van der Waals surface area (Å²) in [6.45, 7) is 3.01. The number of carboxylic acids is 1. The molecule has 0 fully saturated rings. The minimum Gasteiger partial charge on any atom is -0.477 e. The van der Waals surface area contributed by atoms with Gasteiger partial charge in [0.05, 0.1) is 5.52 Å². The number of aryl methyl sites for hydroxylation is 2. The number of carbonyl (C=O) groups excluding carboxylic acids is 1. The zero-order chi connectivity index (χ0) is 15.7. The second kappa shape index (κ2) is 5.28. The van der Waals surface area contributed by atoms with Crippen molar-refractivity contribution in [1.29, 1.82) is 0 Å². The molecule has 7 heteroatoms. The molecule has 0 bridgehead atoms. The smallest absolute Gasteiger partial charge is 0.419 e. The van der Waals surface area contributed by atoms with Crippen LogP contribution in [0.2, 0.25) is 0 Å². The molecule has 21 heavy (non-hydrogen) atoms. The number of hydrogen-bond donors (Lipinski definition) is 2. The average molecular weight is 290 g/mol. The molecule has 1 aromatic carbocycles. The fraction of sp³-hybridized carbons (Fsp3) is 0.214. The van der Waals surface area contributed by atoms with E-state index >= 15 is 0 Å². The van der Waals surface area contributed by atoms with E-state index < -0.39 is 17.6 Å². The van der Waals surface area contributed by atoms with Crippen LogP contribution in [-0.4, -0.2) is 21.6 Å². The van der Waals surface area contributed by atoms with Crippen molar-refractivity contribution in [3.8, 4) is 0 Å². The van der Waals surface area contributed by atoms with Crippen LogP contribution < -0.4 is 11.1 Å². The van der Waals surface area contributed by atoms with Gasteiger partial charge in [-0.05, 0) is 36.3 Å². The van der Waals surface area contributed by atoms with Gasteiger partial charge in [-0.1, -0.05) is 0 Å². The maximum atomic E-state index is 11.5. The highest BCUT2D eigenvalue weighted by molar-refractivity contribution is 5.96. The molecule has 0 spiro atoms. The van der Waals surface area contributed by atoms with Crippen LogP contribution in [0, 0.1) is 6.92 Å². The summed E-state index contributed by atoms with van der Waals surface area (Å²) in [5.41, 5.74) is 2.04. The highest BCUT2D eigenvalue weighted by atomic mass is 16.4. The van der Waals surface area contributed by atoms with Gasteiger partial charge in [0.15, 0.2) is 5.58 Å². The van der Waals surface area contributed by atoms with E-state index in [9.17, 15) is 14.4 Å². The molecule has 0 aliphatic carbocycles. The Labute approximate surface area is 119 Å². The van der Waals surface area contributed by atoms with Crippen molar-refractivity contribution >= 4 is 29.1 Å². The average Bonchev–Trinajstić information content (AvgIpc) is 2.63. The topological polar surface area (TPSA) is 102 Å². The first-order chi connectivity index (χ1) is 9.79. The number of amides is 1. The lowest BCUT2D eigenvalue weighted by Gasteiger charge is -2.04. The summed E-state index contributed by atoms with van der Waals surface area (Å²) in [6.07, 6.45) is 1.31. The second-order valence-corrected chi connectivity index (χ2v) is 4.66. The summed E-state index contributed by atoms with van der Waals surface area (Å²) in [7, 11) is 1.59. The Morgan fingerprint density at radius 2 is 2.05 bits per heavy atom. The molecule has 0 aliphatic heterocycles. The van der Waals surface area contributed by atoms with Gasteiger partial charge in [0.2, 0.25) is 5.91 Å². The molecule has 2 N–H and O–H groups in total. The van der Waals surface area contributed by atoms with E-state index in [4.69, 9.17) is 9.52 Å². The summed E-state index contributed by atoms with van der Waals surface area (Å²) in [5, 5.41) is 11.3. The molecule has 0 radical (unpaired) electrons. The van der Waals surface area contributed by atoms with Gasteiger partial charge in [0, 0.05) is 14.0 Å². The maximum absolute atomic E-state index is 11.5. The molecular formula is C14H14N2O5. The SMILES string of the molecule is CC(=O)N/C(=C/c1cc(C)c2c(c1)oc(=O)n2C)C(=O)O. The highest BCUT2D eigenvalue weighted by Gasteiger charge is 2.12. The van der Waals surface area contributed by atoms with Crippen molar-refractivity contribution in [2.24, 2.45) is 7.05 Å². The number of fused-ring (bicyclic) bond motifs is 1. The van der Waals surface area contributed by atoms with Crippen LogP contribution in [0.1, 0.15) is 18.1 Å². The second-order valence-electron chi connectivity index (χ2n) is 4.66. The number of nitrogens with one attached hydrogen (secondary N) is 1. The van der Waals surface area contributed by atoms with Crippen molar-refractivity contribution < 1.29 is 19.1 Å². The van der Waals surface area contributed by atoms with Crippen LogP contribution in [0.3, 0.4) is 0 Å². The molecule has 1 amide bonds. The van der Waals surface area contributed by atoms with Crippen LogP contribution >= 0.6 is 0 Å². The number of carbonyl (C=O) groups is 2. The van der Waals surface area contributed by atoms with E-state index in [2.05, 4.69) is 5.32 Å². The minimum absolute atomic E-state index is 0.250. The van der Waals surface area contributed by atoms with E-state index in [0.29, 0.717) is 16.7 Å². The highest BCUT2D eigenvalue weighted by Crippen LogP contribution is 2.20. The normalized spacial score (nSPS) is 11.7. The molecular weight excluding hydrogens is 276 g/mol. The number of aliphatic carboxylic acids is 1. The maximum Gasteiger partial charge on any atom is 0.419 e. The number of nitrogens with zero attached hydrogens (tertiary/aromatic N) is 1. The molecule has 1 heterocycles. The summed E-state index contributed by atoms with van der Waals surface area (Å²) in [6, 6.07) is 3.26. The van der Waals surface area contributed by atoms with Crippen molar-refractivity contribution in [2.75, 3.05) is 0 Å². The molecule has 110 valence electrons. The Hall–Kier alpha value is -2.83. The molecule has 0 saturated carbocycles. The number of oxazole rings is 1. The lowest BCUT2D eigenvalue weighted by atomic mass is 10.1. The number of aromatic nitrogens is 1. The van der Waals surface area contributed by atoms with Gasteiger partial charge in [0.25, 0.3) is 0 Å². The number of hydrogen-bond acceptors (Lipinski definition) is 4. The zero-order valence-electron chi connectivity index (χ0n) is 11.8. The standard InChI is InChI=1S/C14H14N2O5/c1-7-4-9(5-10(13(18)19)15-8(2)17)6-11-12(7)16(3)14(20)21-11/h4-6H,1-3H3,(H,15,17)(H,18,19)/b10-5+. The lowest BCUT2D eigenvalue weighted by Crippen LogP contribution is -2.24. The van der Waals surface area contributed by atoms with Crippen molar-refractivity contribution in [1.82, 2.24) is 9.88 Å². The van der Waals surface area contributed by atoms with E-state index in [0.717, 1.165) is 5.56 Å². The van der Waals surface area contributed by atoms with Crippen molar-refractivity contribution in [2.45, 2.75) is 13.8 Å². The van der Waals surface area contributed by atoms with Crippen LogP contribution in [-0.2, 0) is 16.6 Å². The summed E-state index contributed by atoms with van der Waals surface area (Å²) in [5.74, 6) is -2.22. The lowest BCUT2D eigenvalue weighted by molar-refractivity contribution is -0.134. The third-order valence-electron chi connectivity index (χ3n) is 2.95. The van der Waals surface area contributed by atoms with Crippen LogP contribution in [0.15, 0.2) is 27.0 Å². The Bertz CT molecular complexity index is 826. The van der Waals surface area contributed by atoms with Crippen molar-refractivity contribution in [3.05, 3.63) is 39.5 Å². The fourth-order valence-corrected chi connectivity index (χ4v) is 2.13. The molecule has 0 saturated heterocycles. The minimum atomic E-state index is -1.25. The third kappa shape index (κ3) is 2.86. The van der Waals surface area contributed by atoms with Crippen LogP contribution in [0.5, 0.6) is 0 Å². The van der Waals surface area contributed by atoms with Gasteiger partial charge in [-0.15, -0.1) is 0 Å². The Morgan fingerprint density at radius 3 is 2.62 bits per heavy atom. The number of rotatable bonds is 3. The summed E-state index contributed by atoms with van der Waals surface area (Å²) in [4.78, 5) is 33.6. The van der Waals surface area contributed by atoms with Gasteiger partial charge >= 0.3 is 11.7 Å². The van der Waals surface area contributed by atoms with E-state index in [1.54, 1.807) is 26.1 Å². The van der Waals surface area contributed by atoms with E-state index in [1.165, 1.54) is 17.6 Å². The van der Waals surface area contributed by atoms with Gasteiger partial charge < -0.3 is 14.8 Å². The van der Waals surface area contributed by atoms with Crippen LogP contribution in [0.4, 0.5) is 0 Å². The monoisotopic (exact) mass is 290 g/mol. The molecule has 0 aliphatic rings. The Kier molecular flexibility index (Phi) is 3.66. The molecule has 2 rings (SSSR count). The molecule has 7 nitrogen and oxygen atoms in total. The number of carboxylic acid groups (broad SMARTS) is 1. The van der Waals surface area contributed by atoms with E-state index in [-0.39, 0.29) is 5.70 Å². The Morgan fingerprint density at radius 1 is 1.38 bits per heavy atom. The van der Waals surface area contributed by atoms with Crippen LogP contribution in [0.25, 0.3) is 17.2 Å². The van der Waals surface area contributed by atoms with Gasteiger partial charge in [-0.3, -0.25) is 9.36 Å². The quantitative estimate of drug-likeness (QED) is 0.821. The first-order valence-corrected chi connectivity index (χ1v) is 6.12. The number of benzene rings is 1. The molecule has 1 aromatic heterocycles. The summed E-state index contributed by atoms with van der Waals surface area (Å²) >= 11 is 0. The largest absolute Gasteiger partial charge is 0.477 e. The third-order valence-corrected chi connectivity index (χ3v) is 2.95. The van der Waals surface area contributed by atoms with E-state index in [1.807, 2.05) is 0 Å². The van der Waals surface area contributed by atoms with Crippen molar-refractivity contribution in [3.63, 3.8) is 0 Å². The predicted molar refractivity (Wildman–Crippen MR) is 75.6 cm³/mol. The fourth-order valence-electron chi connectivity index (χ4n) is 2.13.